The minimum absolute atomic E-state index is 0.117. The van der Waals surface area contributed by atoms with Crippen molar-refractivity contribution < 1.29 is 9.18 Å². The van der Waals surface area contributed by atoms with E-state index in [0.717, 1.165) is 19.4 Å². The normalized spacial score (nSPS) is 18.5. The molecule has 2 heterocycles. The lowest BCUT2D eigenvalue weighted by Crippen LogP contribution is -2.47. The summed E-state index contributed by atoms with van der Waals surface area (Å²) in [6, 6.07) is 6.21. The van der Waals surface area contributed by atoms with Crippen LogP contribution in [0.5, 0.6) is 0 Å². The molecule has 6 nitrogen and oxygen atoms in total. The highest BCUT2D eigenvalue weighted by atomic mass is 19.1. The van der Waals surface area contributed by atoms with E-state index < -0.39 is 0 Å². The fourth-order valence-corrected chi connectivity index (χ4v) is 2.64. The fourth-order valence-electron chi connectivity index (χ4n) is 2.64. The molecule has 1 amide bonds. The Balaban J connectivity index is 1.75. The van der Waals surface area contributed by atoms with Gasteiger partial charge < -0.3 is 10.2 Å². The van der Waals surface area contributed by atoms with Crippen molar-refractivity contribution in [1.82, 2.24) is 25.2 Å². The van der Waals surface area contributed by atoms with Crippen molar-refractivity contribution >= 4 is 5.91 Å². The molecular weight excluding hydrogens is 285 g/mol. The summed E-state index contributed by atoms with van der Waals surface area (Å²) in [5.74, 6) is -0.431. The number of hydrogen-bond acceptors (Lipinski definition) is 4. The van der Waals surface area contributed by atoms with Crippen LogP contribution in [-0.4, -0.2) is 52.0 Å². The van der Waals surface area contributed by atoms with Crippen molar-refractivity contribution in [3.05, 3.63) is 42.0 Å². The van der Waals surface area contributed by atoms with Crippen LogP contribution in [0.1, 0.15) is 23.3 Å². The third-order valence-corrected chi connectivity index (χ3v) is 3.92. The van der Waals surface area contributed by atoms with Gasteiger partial charge in [-0.3, -0.25) is 4.79 Å². The Labute approximate surface area is 127 Å². The lowest BCUT2D eigenvalue weighted by molar-refractivity contribution is 0.0692. The van der Waals surface area contributed by atoms with E-state index in [2.05, 4.69) is 15.6 Å². The molecule has 2 aromatic rings. The second-order valence-electron chi connectivity index (χ2n) is 5.40. The quantitative estimate of drug-likeness (QED) is 0.926. The van der Waals surface area contributed by atoms with E-state index in [1.165, 1.54) is 16.8 Å². The van der Waals surface area contributed by atoms with Gasteiger partial charge in [-0.1, -0.05) is 5.21 Å². The zero-order chi connectivity index (χ0) is 15.5. The molecule has 1 saturated heterocycles. The zero-order valence-corrected chi connectivity index (χ0v) is 12.4. The van der Waals surface area contributed by atoms with Crippen LogP contribution in [0.4, 0.5) is 4.39 Å². The number of rotatable bonds is 3. The Morgan fingerprint density at radius 1 is 1.36 bits per heavy atom. The average molecular weight is 303 g/mol. The molecule has 1 aromatic carbocycles. The predicted octanol–water partition coefficient (Wildman–Crippen LogP) is 1.23. The first kappa shape index (κ1) is 14.6. The number of hydrogen-bond donors (Lipinski definition) is 1. The second-order valence-corrected chi connectivity index (χ2v) is 5.40. The lowest BCUT2D eigenvalue weighted by Gasteiger charge is -2.31. The molecule has 7 heteroatoms. The number of carbonyl (C=O) groups excluding carboxylic acids is 1. The summed E-state index contributed by atoms with van der Waals surface area (Å²) in [6.45, 7) is 1.42. The van der Waals surface area contributed by atoms with Crippen LogP contribution in [0.25, 0.3) is 5.69 Å². The van der Waals surface area contributed by atoms with Gasteiger partial charge in [-0.15, -0.1) is 5.10 Å². The molecule has 1 unspecified atom stereocenters. The van der Waals surface area contributed by atoms with Gasteiger partial charge in [-0.05, 0) is 44.2 Å². The van der Waals surface area contributed by atoms with Crippen LogP contribution in [0, 0.1) is 5.82 Å². The summed E-state index contributed by atoms with van der Waals surface area (Å²) in [4.78, 5) is 14.3. The molecule has 0 radical (unpaired) electrons. The number of amides is 1. The van der Waals surface area contributed by atoms with Gasteiger partial charge in [0.05, 0.1) is 11.9 Å². The minimum Gasteiger partial charge on any atom is -0.336 e. The van der Waals surface area contributed by atoms with E-state index in [0.29, 0.717) is 24.0 Å². The summed E-state index contributed by atoms with van der Waals surface area (Å²) in [6.07, 6.45) is 3.63. The number of likely N-dealkylation sites (tertiary alicyclic amines) is 1. The van der Waals surface area contributed by atoms with Gasteiger partial charge in [0.1, 0.15) is 5.82 Å². The number of nitrogens with zero attached hydrogens (tertiary/aromatic N) is 4. The molecule has 116 valence electrons. The monoisotopic (exact) mass is 303 g/mol. The summed E-state index contributed by atoms with van der Waals surface area (Å²) >= 11 is 0. The van der Waals surface area contributed by atoms with E-state index in [1.54, 1.807) is 23.2 Å². The number of halogens is 1. The summed E-state index contributed by atoms with van der Waals surface area (Å²) in [7, 11) is 1.91. The van der Waals surface area contributed by atoms with Gasteiger partial charge >= 0.3 is 0 Å². The molecule has 22 heavy (non-hydrogen) atoms. The lowest BCUT2D eigenvalue weighted by atomic mass is 10.1. The maximum atomic E-state index is 12.9. The minimum atomic E-state index is -0.313. The number of nitrogens with one attached hydrogen (secondary N) is 1. The molecule has 1 fully saturated rings. The number of benzene rings is 1. The highest BCUT2D eigenvalue weighted by Gasteiger charge is 2.25. The maximum absolute atomic E-state index is 12.9. The van der Waals surface area contributed by atoms with Crippen molar-refractivity contribution in [3.63, 3.8) is 0 Å². The van der Waals surface area contributed by atoms with E-state index in [9.17, 15) is 9.18 Å². The van der Waals surface area contributed by atoms with Gasteiger partial charge in [0, 0.05) is 19.1 Å². The highest BCUT2D eigenvalue weighted by Crippen LogP contribution is 2.14. The number of aromatic nitrogens is 3. The fraction of sp³-hybridized carbons (Fsp3) is 0.400. The van der Waals surface area contributed by atoms with Gasteiger partial charge in [-0.2, -0.15) is 0 Å². The number of piperidine rings is 1. The maximum Gasteiger partial charge on any atom is 0.276 e. The Hall–Kier alpha value is -2.28. The van der Waals surface area contributed by atoms with Crippen molar-refractivity contribution in [2.75, 3.05) is 20.1 Å². The predicted molar refractivity (Wildman–Crippen MR) is 79.3 cm³/mol. The topological polar surface area (TPSA) is 63.1 Å². The first-order valence-corrected chi connectivity index (χ1v) is 7.32. The van der Waals surface area contributed by atoms with Crippen LogP contribution in [-0.2, 0) is 0 Å². The molecule has 1 atom stereocenters. The number of likely N-dealkylation sites (N-methyl/N-ethyl adjacent to an activating group) is 1. The molecule has 0 aliphatic carbocycles. The van der Waals surface area contributed by atoms with Crippen LogP contribution < -0.4 is 5.32 Å². The molecule has 1 aliphatic heterocycles. The van der Waals surface area contributed by atoms with E-state index in [-0.39, 0.29) is 11.7 Å². The molecule has 0 spiro atoms. The Morgan fingerprint density at radius 2 is 2.14 bits per heavy atom. The van der Waals surface area contributed by atoms with Gasteiger partial charge in [0.25, 0.3) is 5.91 Å². The van der Waals surface area contributed by atoms with E-state index in [4.69, 9.17) is 0 Å². The third-order valence-electron chi connectivity index (χ3n) is 3.92. The van der Waals surface area contributed by atoms with Crippen molar-refractivity contribution in [2.45, 2.75) is 18.9 Å². The average Bonchev–Trinajstić information content (AvgIpc) is 3.05. The van der Waals surface area contributed by atoms with Gasteiger partial charge in [0.2, 0.25) is 0 Å². The Kier molecular flexibility index (Phi) is 4.15. The zero-order valence-electron chi connectivity index (χ0n) is 12.4. The Bertz CT molecular complexity index is 654. The van der Waals surface area contributed by atoms with E-state index >= 15 is 0 Å². The smallest absolute Gasteiger partial charge is 0.276 e. The van der Waals surface area contributed by atoms with Crippen molar-refractivity contribution in [1.29, 1.82) is 0 Å². The molecule has 0 bridgehead atoms. The summed E-state index contributed by atoms with van der Waals surface area (Å²) in [5.41, 5.74) is 0.973. The van der Waals surface area contributed by atoms with Crippen molar-refractivity contribution in [2.24, 2.45) is 0 Å². The largest absolute Gasteiger partial charge is 0.336 e. The highest BCUT2D eigenvalue weighted by molar-refractivity contribution is 5.92. The standard InChI is InChI=1S/C15H18FN5O/c1-17-12-3-2-8-20(9-12)15(22)14-10-21(19-18-14)13-6-4-11(16)5-7-13/h4-7,10,12,17H,2-3,8-9H2,1H3. The molecular formula is C15H18FN5O. The SMILES string of the molecule is CNC1CCCN(C(=O)c2cn(-c3ccc(F)cc3)nn2)C1. The molecule has 1 N–H and O–H groups in total. The van der Waals surface area contributed by atoms with Gasteiger partial charge in [0.15, 0.2) is 5.69 Å². The third kappa shape index (κ3) is 2.99. The van der Waals surface area contributed by atoms with Crippen LogP contribution in [0.2, 0.25) is 0 Å². The van der Waals surface area contributed by atoms with Crippen LogP contribution in [0.15, 0.2) is 30.5 Å². The van der Waals surface area contributed by atoms with Crippen molar-refractivity contribution in [3.8, 4) is 5.69 Å². The number of carbonyl (C=O) groups is 1. The van der Waals surface area contributed by atoms with Crippen LogP contribution >= 0.6 is 0 Å². The molecule has 1 aliphatic rings. The molecule has 1 aromatic heterocycles. The molecule has 3 rings (SSSR count). The van der Waals surface area contributed by atoms with Crippen LogP contribution in [0.3, 0.4) is 0 Å². The summed E-state index contributed by atoms with van der Waals surface area (Å²) < 4.78 is 14.4. The molecule has 0 saturated carbocycles. The first-order chi connectivity index (χ1) is 10.7. The summed E-state index contributed by atoms with van der Waals surface area (Å²) in [5, 5.41) is 11.1. The first-order valence-electron chi connectivity index (χ1n) is 7.32. The van der Waals surface area contributed by atoms with E-state index in [1.807, 2.05) is 7.05 Å². The van der Waals surface area contributed by atoms with Gasteiger partial charge in [-0.25, -0.2) is 9.07 Å². The Morgan fingerprint density at radius 3 is 2.86 bits per heavy atom. The second kappa shape index (κ2) is 6.23.